The zero-order chi connectivity index (χ0) is 16.2. The molecule has 0 aliphatic rings. The molecule has 0 aliphatic carbocycles. The van der Waals surface area contributed by atoms with E-state index in [1.165, 1.54) is 0 Å². The van der Waals surface area contributed by atoms with Crippen LogP contribution in [0.15, 0.2) is 64.0 Å². The number of anilines is 1. The molecule has 116 valence electrons. The standard InChI is InChI=1S/C18H16N2O2S/c1-12-14(9-6-10-17(12)23-2)19-18(21)16-11-15(20-22-16)13-7-4-3-5-8-13/h3-11H,1-2H3,(H,19,21). The van der Waals surface area contributed by atoms with Crippen molar-refractivity contribution in [3.63, 3.8) is 0 Å². The Hall–Kier alpha value is -2.53. The minimum absolute atomic E-state index is 0.192. The van der Waals surface area contributed by atoms with Crippen LogP contribution < -0.4 is 5.32 Å². The van der Waals surface area contributed by atoms with E-state index in [-0.39, 0.29) is 11.7 Å². The average Bonchev–Trinajstić information content (AvgIpc) is 3.08. The molecule has 0 atom stereocenters. The number of aromatic nitrogens is 1. The molecular formula is C18H16N2O2S. The number of nitrogens with one attached hydrogen (secondary N) is 1. The van der Waals surface area contributed by atoms with Gasteiger partial charge in [-0.25, -0.2) is 0 Å². The highest BCUT2D eigenvalue weighted by Crippen LogP contribution is 2.26. The third-order valence-corrected chi connectivity index (χ3v) is 4.44. The van der Waals surface area contributed by atoms with Crippen molar-refractivity contribution in [2.75, 3.05) is 11.6 Å². The summed E-state index contributed by atoms with van der Waals surface area (Å²) >= 11 is 1.65. The molecule has 23 heavy (non-hydrogen) atoms. The first-order valence-electron chi connectivity index (χ1n) is 7.16. The number of hydrogen-bond donors (Lipinski definition) is 1. The van der Waals surface area contributed by atoms with Crippen molar-refractivity contribution in [2.24, 2.45) is 0 Å². The Kier molecular flexibility index (Phi) is 4.48. The molecule has 0 bridgehead atoms. The van der Waals surface area contributed by atoms with Crippen molar-refractivity contribution in [2.45, 2.75) is 11.8 Å². The Labute approximate surface area is 138 Å². The Morgan fingerprint density at radius 2 is 1.91 bits per heavy atom. The normalized spacial score (nSPS) is 10.5. The number of benzene rings is 2. The van der Waals surface area contributed by atoms with Gasteiger partial charge in [0.15, 0.2) is 0 Å². The summed E-state index contributed by atoms with van der Waals surface area (Å²) in [5.74, 6) is -0.112. The van der Waals surface area contributed by atoms with Crippen LogP contribution in [0.4, 0.5) is 5.69 Å². The van der Waals surface area contributed by atoms with Crippen molar-refractivity contribution in [3.8, 4) is 11.3 Å². The largest absolute Gasteiger partial charge is 0.350 e. The van der Waals surface area contributed by atoms with Gasteiger partial charge < -0.3 is 9.84 Å². The van der Waals surface area contributed by atoms with E-state index in [1.807, 2.05) is 61.7 Å². The fraction of sp³-hybridized carbons (Fsp3) is 0.111. The quantitative estimate of drug-likeness (QED) is 0.711. The van der Waals surface area contributed by atoms with E-state index in [0.29, 0.717) is 5.69 Å². The van der Waals surface area contributed by atoms with Crippen molar-refractivity contribution in [1.82, 2.24) is 5.16 Å². The second-order valence-electron chi connectivity index (χ2n) is 5.03. The van der Waals surface area contributed by atoms with Crippen LogP contribution in [0.1, 0.15) is 16.1 Å². The molecule has 1 amide bonds. The van der Waals surface area contributed by atoms with E-state index in [2.05, 4.69) is 10.5 Å². The van der Waals surface area contributed by atoms with Gasteiger partial charge in [0.05, 0.1) is 0 Å². The number of hydrogen-bond acceptors (Lipinski definition) is 4. The molecule has 5 heteroatoms. The lowest BCUT2D eigenvalue weighted by Crippen LogP contribution is -2.12. The van der Waals surface area contributed by atoms with Crippen LogP contribution in [0.5, 0.6) is 0 Å². The third kappa shape index (κ3) is 3.29. The molecule has 1 heterocycles. The predicted octanol–water partition coefficient (Wildman–Crippen LogP) is 4.62. The molecule has 4 nitrogen and oxygen atoms in total. The summed E-state index contributed by atoms with van der Waals surface area (Å²) in [5.41, 5.74) is 3.37. The SMILES string of the molecule is CSc1cccc(NC(=O)c2cc(-c3ccccc3)no2)c1C. The molecule has 3 aromatic rings. The van der Waals surface area contributed by atoms with Gasteiger partial charge in [-0.05, 0) is 30.9 Å². The molecule has 1 N–H and O–H groups in total. The second kappa shape index (κ2) is 6.71. The van der Waals surface area contributed by atoms with E-state index >= 15 is 0 Å². The van der Waals surface area contributed by atoms with E-state index in [0.717, 1.165) is 21.7 Å². The molecule has 0 saturated heterocycles. The van der Waals surface area contributed by atoms with Crippen molar-refractivity contribution < 1.29 is 9.32 Å². The van der Waals surface area contributed by atoms with Gasteiger partial charge >= 0.3 is 0 Å². The van der Waals surface area contributed by atoms with E-state index in [9.17, 15) is 4.79 Å². The van der Waals surface area contributed by atoms with Crippen LogP contribution >= 0.6 is 11.8 Å². The second-order valence-corrected chi connectivity index (χ2v) is 5.88. The van der Waals surface area contributed by atoms with E-state index in [4.69, 9.17) is 4.52 Å². The van der Waals surface area contributed by atoms with E-state index in [1.54, 1.807) is 17.8 Å². The van der Waals surface area contributed by atoms with Crippen molar-refractivity contribution >= 4 is 23.4 Å². The first-order chi connectivity index (χ1) is 11.2. The smallest absolute Gasteiger partial charge is 0.294 e. The maximum atomic E-state index is 12.4. The molecular weight excluding hydrogens is 308 g/mol. The van der Waals surface area contributed by atoms with Gasteiger partial charge in [0.25, 0.3) is 5.91 Å². The molecule has 0 unspecified atom stereocenters. The minimum Gasteiger partial charge on any atom is -0.350 e. The van der Waals surface area contributed by atoms with Gasteiger partial charge in [0.1, 0.15) is 5.69 Å². The topological polar surface area (TPSA) is 55.1 Å². The average molecular weight is 324 g/mol. The predicted molar refractivity (Wildman–Crippen MR) is 92.9 cm³/mol. The van der Waals surface area contributed by atoms with Crippen molar-refractivity contribution in [1.29, 1.82) is 0 Å². The van der Waals surface area contributed by atoms with Crippen LogP contribution in [0.25, 0.3) is 11.3 Å². The number of carbonyl (C=O) groups excluding carboxylic acids is 1. The van der Waals surface area contributed by atoms with Gasteiger partial charge in [0.2, 0.25) is 5.76 Å². The van der Waals surface area contributed by atoms with Gasteiger partial charge in [-0.1, -0.05) is 41.6 Å². The molecule has 0 spiro atoms. The summed E-state index contributed by atoms with van der Waals surface area (Å²) in [7, 11) is 0. The maximum Gasteiger partial charge on any atom is 0.294 e. The lowest BCUT2D eigenvalue weighted by Gasteiger charge is -2.09. The minimum atomic E-state index is -0.305. The highest BCUT2D eigenvalue weighted by atomic mass is 32.2. The number of rotatable bonds is 4. The number of carbonyl (C=O) groups is 1. The molecule has 3 rings (SSSR count). The Balaban J connectivity index is 1.81. The van der Waals surface area contributed by atoms with Crippen LogP contribution in [0.2, 0.25) is 0 Å². The third-order valence-electron chi connectivity index (χ3n) is 3.56. The summed E-state index contributed by atoms with van der Waals surface area (Å²) in [6.45, 7) is 1.98. The van der Waals surface area contributed by atoms with Gasteiger partial charge in [0, 0.05) is 22.2 Å². The molecule has 0 aliphatic heterocycles. The van der Waals surface area contributed by atoms with Crippen molar-refractivity contribution in [3.05, 3.63) is 65.9 Å². The van der Waals surface area contributed by atoms with Crippen LogP contribution in [0.3, 0.4) is 0 Å². The van der Waals surface area contributed by atoms with Gasteiger partial charge in [-0.2, -0.15) is 0 Å². The number of nitrogens with zero attached hydrogens (tertiary/aromatic N) is 1. The molecule has 0 saturated carbocycles. The Bertz CT molecular complexity index is 828. The summed E-state index contributed by atoms with van der Waals surface area (Å²) in [6, 6.07) is 17.1. The molecule has 2 aromatic carbocycles. The highest BCUT2D eigenvalue weighted by molar-refractivity contribution is 7.98. The number of amides is 1. The molecule has 0 fully saturated rings. The summed E-state index contributed by atoms with van der Waals surface area (Å²) in [5, 5.41) is 6.85. The van der Waals surface area contributed by atoms with Gasteiger partial charge in [-0.15, -0.1) is 11.8 Å². The highest BCUT2D eigenvalue weighted by Gasteiger charge is 2.15. The van der Waals surface area contributed by atoms with Crippen LogP contribution in [-0.4, -0.2) is 17.3 Å². The van der Waals surface area contributed by atoms with E-state index < -0.39 is 0 Å². The summed E-state index contributed by atoms with van der Waals surface area (Å²) < 4.78 is 5.18. The lowest BCUT2D eigenvalue weighted by molar-refractivity contribution is 0.0988. The Morgan fingerprint density at radius 3 is 2.65 bits per heavy atom. The first kappa shape index (κ1) is 15.4. The summed E-state index contributed by atoms with van der Waals surface area (Å²) in [4.78, 5) is 13.5. The van der Waals surface area contributed by atoms with Crippen LogP contribution in [0, 0.1) is 6.92 Å². The first-order valence-corrected chi connectivity index (χ1v) is 8.38. The monoisotopic (exact) mass is 324 g/mol. The molecule has 0 radical (unpaired) electrons. The fourth-order valence-corrected chi connectivity index (χ4v) is 2.91. The summed E-state index contributed by atoms with van der Waals surface area (Å²) in [6.07, 6.45) is 2.01. The molecule has 1 aromatic heterocycles. The lowest BCUT2D eigenvalue weighted by atomic mass is 10.1. The zero-order valence-corrected chi connectivity index (χ0v) is 13.7. The van der Waals surface area contributed by atoms with Crippen LogP contribution in [-0.2, 0) is 0 Å². The van der Waals surface area contributed by atoms with Gasteiger partial charge in [-0.3, -0.25) is 4.79 Å². The number of thioether (sulfide) groups is 1. The Morgan fingerprint density at radius 1 is 1.13 bits per heavy atom. The maximum absolute atomic E-state index is 12.4. The fourth-order valence-electron chi connectivity index (χ4n) is 2.28. The zero-order valence-electron chi connectivity index (χ0n) is 12.9.